The smallest absolute Gasteiger partial charge is 0.242 e. The minimum Gasteiger partial charge on any atom is -0.495 e. The molecule has 3 aromatic carbocycles. The summed E-state index contributed by atoms with van der Waals surface area (Å²) in [7, 11) is 1.56. The second-order valence-electron chi connectivity index (χ2n) is 7.05. The Bertz CT molecular complexity index is 1230. The van der Waals surface area contributed by atoms with E-state index in [9.17, 15) is 9.18 Å². The van der Waals surface area contributed by atoms with Gasteiger partial charge >= 0.3 is 0 Å². The van der Waals surface area contributed by atoms with E-state index in [1.54, 1.807) is 25.3 Å². The van der Waals surface area contributed by atoms with E-state index in [2.05, 4.69) is 20.5 Å². The van der Waals surface area contributed by atoms with Crippen molar-refractivity contribution in [1.29, 1.82) is 0 Å². The molecule has 6 nitrogen and oxygen atoms in total. The number of methoxy groups -OCH3 is 1. The molecule has 4 rings (SSSR count). The lowest BCUT2D eigenvalue weighted by Crippen LogP contribution is -2.19. The highest BCUT2D eigenvalue weighted by Gasteiger charge is 2.25. The zero-order valence-electron chi connectivity index (χ0n) is 17.5. The summed E-state index contributed by atoms with van der Waals surface area (Å²) in [5.74, 6) is 0.227. The van der Waals surface area contributed by atoms with E-state index >= 15 is 0 Å². The Hall–Kier alpha value is -3.65. The van der Waals surface area contributed by atoms with Crippen molar-refractivity contribution in [2.45, 2.75) is 17.3 Å². The molecule has 1 unspecified atom stereocenters. The molecular weight excluding hydrogens is 427 g/mol. The molecule has 0 bridgehead atoms. The summed E-state index contributed by atoms with van der Waals surface area (Å²) in [5.41, 5.74) is 2.69. The van der Waals surface area contributed by atoms with Gasteiger partial charge in [-0.15, -0.1) is 5.10 Å². The van der Waals surface area contributed by atoms with Crippen LogP contribution in [0.3, 0.4) is 0 Å². The molecule has 1 aromatic heterocycles. The molecule has 0 spiro atoms. The Balaban J connectivity index is 1.62. The molecule has 0 aliphatic heterocycles. The molecule has 2 N–H and O–H groups in total. The van der Waals surface area contributed by atoms with Crippen LogP contribution >= 0.6 is 11.8 Å². The van der Waals surface area contributed by atoms with E-state index in [-0.39, 0.29) is 5.91 Å². The van der Waals surface area contributed by atoms with Gasteiger partial charge in [-0.3, -0.25) is 9.89 Å². The van der Waals surface area contributed by atoms with Crippen molar-refractivity contribution in [1.82, 2.24) is 15.2 Å². The van der Waals surface area contributed by atoms with Crippen LogP contribution in [0.1, 0.15) is 16.4 Å². The molecule has 0 saturated carbocycles. The number of aryl methyl sites for hydroxylation is 1. The zero-order chi connectivity index (χ0) is 22.5. The molecule has 0 saturated heterocycles. The number of H-pyrrole nitrogens is 1. The summed E-state index contributed by atoms with van der Waals surface area (Å²) < 4.78 is 19.5. The highest BCUT2D eigenvalue weighted by molar-refractivity contribution is 8.00. The van der Waals surface area contributed by atoms with Crippen molar-refractivity contribution in [2.24, 2.45) is 0 Å². The van der Waals surface area contributed by atoms with Crippen LogP contribution < -0.4 is 10.1 Å². The van der Waals surface area contributed by atoms with Crippen molar-refractivity contribution in [3.05, 3.63) is 89.7 Å². The molecule has 1 heterocycles. The first kappa shape index (κ1) is 21.6. The van der Waals surface area contributed by atoms with Gasteiger partial charge in [0, 0.05) is 0 Å². The van der Waals surface area contributed by atoms with Crippen molar-refractivity contribution in [3.63, 3.8) is 0 Å². The van der Waals surface area contributed by atoms with Crippen molar-refractivity contribution < 1.29 is 13.9 Å². The first-order valence-corrected chi connectivity index (χ1v) is 10.8. The molecule has 0 radical (unpaired) electrons. The van der Waals surface area contributed by atoms with E-state index in [4.69, 9.17) is 4.74 Å². The summed E-state index contributed by atoms with van der Waals surface area (Å²) in [5, 5.41) is 9.61. The summed E-state index contributed by atoms with van der Waals surface area (Å²) >= 11 is 1.18. The molecular formula is C24H21FN4O2S. The number of anilines is 1. The Morgan fingerprint density at radius 1 is 1.09 bits per heavy atom. The van der Waals surface area contributed by atoms with Gasteiger partial charge in [0.2, 0.25) is 11.1 Å². The number of nitrogens with zero attached hydrogens (tertiary/aromatic N) is 2. The predicted molar refractivity (Wildman–Crippen MR) is 123 cm³/mol. The van der Waals surface area contributed by atoms with Gasteiger partial charge in [0.15, 0.2) is 5.82 Å². The molecule has 8 heteroatoms. The van der Waals surface area contributed by atoms with Crippen LogP contribution in [0.25, 0.3) is 11.4 Å². The van der Waals surface area contributed by atoms with E-state index in [0.29, 0.717) is 28.0 Å². The summed E-state index contributed by atoms with van der Waals surface area (Å²) in [6.07, 6.45) is 0. The van der Waals surface area contributed by atoms with Gasteiger partial charge in [-0.2, -0.15) is 0 Å². The van der Waals surface area contributed by atoms with E-state index in [1.807, 2.05) is 55.5 Å². The fourth-order valence-corrected chi connectivity index (χ4v) is 4.11. The standard InChI is InChI=1S/C24H21FN4O2S/c1-15-12-13-20(31-2)19(14-15)26-23(30)21(16-8-4-3-5-9-16)32-24-27-22(28-29-24)17-10-6-7-11-18(17)25/h3-14,21H,1-2H3,(H,26,30)(H,27,28,29). The zero-order valence-corrected chi connectivity index (χ0v) is 18.3. The third-order valence-electron chi connectivity index (χ3n) is 4.77. The minimum absolute atomic E-state index is 0.248. The molecule has 32 heavy (non-hydrogen) atoms. The third kappa shape index (κ3) is 4.81. The number of benzene rings is 3. The fraction of sp³-hybridized carbons (Fsp3) is 0.125. The van der Waals surface area contributed by atoms with Crippen molar-refractivity contribution >= 4 is 23.4 Å². The minimum atomic E-state index is -0.634. The average Bonchev–Trinajstić information content (AvgIpc) is 3.27. The Labute approximate surface area is 189 Å². The number of carbonyl (C=O) groups is 1. The SMILES string of the molecule is COc1ccc(C)cc1NC(=O)C(Sc1n[nH]c(-c2ccccc2F)n1)c1ccccc1. The van der Waals surface area contributed by atoms with Crippen LogP contribution in [0.2, 0.25) is 0 Å². The highest BCUT2D eigenvalue weighted by Crippen LogP contribution is 2.36. The van der Waals surface area contributed by atoms with Gasteiger partial charge in [0.05, 0.1) is 18.4 Å². The van der Waals surface area contributed by atoms with Crippen LogP contribution in [0.15, 0.2) is 78.0 Å². The lowest BCUT2D eigenvalue weighted by molar-refractivity contribution is -0.115. The van der Waals surface area contributed by atoms with Crippen LogP contribution in [0.5, 0.6) is 5.75 Å². The number of ether oxygens (including phenoxy) is 1. The number of hydrogen-bond acceptors (Lipinski definition) is 5. The van der Waals surface area contributed by atoms with Crippen LogP contribution in [-0.4, -0.2) is 28.2 Å². The summed E-state index contributed by atoms with van der Waals surface area (Å²) in [4.78, 5) is 17.7. The van der Waals surface area contributed by atoms with Gasteiger partial charge in [-0.05, 0) is 42.3 Å². The Morgan fingerprint density at radius 3 is 2.59 bits per heavy atom. The molecule has 0 fully saturated rings. The maximum atomic E-state index is 14.1. The van der Waals surface area contributed by atoms with E-state index < -0.39 is 11.1 Å². The van der Waals surface area contributed by atoms with Crippen LogP contribution in [-0.2, 0) is 4.79 Å². The number of nitrogens with one attached hydrogen (secondary N) is 2. The lowest BCUT2D eigenvalue weighted by Gasteiger charge is -2.17. The molecule has 0 aliphatic carbocycles. The monoisotopic (exact) mass is 448 g/mol. The van der Waals surface area contributed by atoms with E-state index in [0.717, 1.165) is 11.1 Å². The number of aromatic nitrogens is 3. The van der Waals surface area contributed by atoms with Gasteiger partial charge in [0.25, 0.3) is 0 Å². The highest BCUT2D eigenvalue weighted by atomic mass is 32.2. The Morgan fingerprint density at radius 2 is 1.84 bits per heavy atom. The number of aromatic amines is 1. The summed E-state index contributed by atoms with van der Waals surface area (Å²) in [6, 6.07) is 21.3. The molecule has 162 valence electrons. The third-order valence-corrected chi connectivity index (χ3v) is 5.89. The topological polar surface area (TPSA) is 79.9 Å². The fourth-order valence-electron chi connectivity index (χ4n) is 3.20. The largest absolute Gasteiger partial charge is 0.495 e. The van der Waals surface area contributed by atoms with E-state index in [1.165, 1.54) is 17.8 Å². The summed E-state index contributed by atoms with van der Waals surface area (Å²) in [6.45, 7) is 1.94. The second kappa shape index (κ2) is 9.65. The molecule has 1 atom stereocenters. The Kier molecular flexibility index (Phi) is 6.51. The normalized spacial score (nSPS) is 11.7. The maximum Gasteiger partial charge on any atom is 0.242 e. The number of rotatable bonds is 7. The number of carbonyl (C=O) groups excluding carboxylic acids is 1. The van der Waals surface area contributed by atoms with Crippen molar-refractivity contribution in [3.8, 4) is 17.1 Å². The number of thioether (sulfide) groups is 1. The average molecular weight is 449 g/mol. The molecule has 4 aromatic rings. The van der Waals surface area contributed by atoms with Crippen LogP contribution in [0, 0.1) is 12.7 Å². The molecule has 1 amide bonds. The molecule has 0 aliphatic rings. The van der Waals surface area contributed by atoms with Gasteiger partial charge < -0.3 is 10.1 Å². The predicted octanol–water partition coefficient (Wildman–Crippen LogP) is 5.40. The number of halogens is 1. The number of hydrogen-bond donors (Lipinski definition) is 2. The van der Waals surface area contributed by atoms with Gasteiger partial charge in [-0.25, -0.2) is 9.37 Å². The number of amides is 1. The first-order valence-electron chi connectivity index (χ1n) is 9.89. The maximum absolute atomic E-state index is 14.1. The second-order valence-corrected chi connectivity index (χ2v) is 8.12. The van der Waals surface area contributed by atoms with Gasteiger partial charge in [-0.1, -0.05) is 60.3 Å². The van der Waals surface area contributed by atoms with Gasteiger partial charge in [0.1, 0.15) is 16.8 Å². The lowest BCUT2D eigenvalue weighted by atomic mass is 10.1. The quantitative estimate of drug-likeness (QED) is 0.370. The van der Waals surface area contributed by atoms with Crippen LogP contribution in [0.4, 0.5) is 10.1 Å². The van der Waals surface area contributed by atoms with Crippen molar-refractivity contribution in [2.75, 3.05) is 12.4 Å². The first-order chi connectivity index (χ1) is 15.5.